The van der Waals surface area contributed by atoms with Crippen molar-refractivity contribution in [3.05, 3.63) is 0 Å². The summed E-state index contributed by atoms with van der Waals surface area (Å²) < 4.78 is 0. The monoisotopic (exact) mass is 293 g/mol. The Labute approximate surface area is 117 Å². The lowest BCUT2D eigenvalue weighted by Gasteiger charge is -2.52. The molecule has 2 fully saturated rings. The molecule has 4 heteroatoms. The van der Waals surface area contributed by atoms with Crippen LogP contribution in [0.1, 0.15) is 52.4 Å². The van der Waals surface area contributed by atoms with Gasteiger partial charge in [0.15, 0.2) is 0 Å². The molecule has 0 aromatic heterocycles. The van der Waals surface area contributed by atoms with Gasteiger partial charge in [-0.05, 0) is 43.6 Å². The summed E-state index contributed by atoms with van der Waals surface area (Å²) in [6.07, 6.45) is 8.03. The van der Waals surface area contributed by atoms with Gasteiger partial charge in [-0.15, -0.1) is 22.2 Å². The second kappa shape index (κ2) is 5.81. The molecule has 0 radical (unpaired) electrons. The van der Waals surface area contributed by atoms with Gasteiger partial charge in [0, 0.05) is 5.16 Å². The van der Waals surface area contributed by atoms with Gasteiger partial charge in [0.1, 0.15) is 0 Å². The predicted molar refractivity (Wildman–Crippen MR) is 79.1 cm³/mol. The highest BCUT2D eigenvalue weighted by atomic mass is 35.7. The summed E-state index contributed by atoms with van der Waals surface area (Å²) in [7, 11) is -1.70. The van der Waals surface area contributed by atoms with Crippen LogP contribution in [0.2, 0.25) is 0 Å². The minimum absolute atomic E-state index is 0.112. The van der Waals surface area contributed by atoms with Crippen LogP contribution in [0, 0.1) is 17.8 Å². The molecule has 1 aliphatic carbocycles. The zero-order chi connectivity index (χ0) is 12.5. The number of hydrogen-bond donors (Lipinski definition) is 1. The maximum atomic E-state index is 6.52. The summed E-state index contributed by atoms with van der Waals surface area (Å²) in [4.78, 5) is 0. The Kier molecular flexibility index (Phi) is 4.84. The van der Waals surface area contributed by atoms with Crippen molar-refractivity contribution < 1.29 is 0 Å². The van der Waals surface area contributed by atoms with E-state index in [2.05, 4.69) is 19.2 Å². The van der Waals surface area contributed by atoms with Crippen molar-refractivity contribution in [1.82, 2.24) is 5.32 Å². The Morgan fingerprint density at radius 1 is 1.24 bits per heavy atom. The Bertz CT molecular complexity index is 258. The van der Waals surface area contributed by atoms with Gasteiger partial charge < -0.3 is 5.32 Å². The molecular weight excluding hydrogens is 269 g/mol. The maximum absolute atomic E-state index is 6.52. The maximum Gasteiger partial charge on any atom is 0.256 e. The van der Waals surface area contributed by atoms with Crippen LogP contribution >= 0.6 is 22.2 Å². The van der Waals surface area contributed by atoms with Crippen molar-refractivity contribution in [2.75, 3.05) is 6.54 Å². The molecule has 2 rings (SSSR count). The largest absolute Gasteiger partial charge is 0.311 e. The van der Waals surface area contributed by atoms with E-state index in [0.29, 0.717) is 5.92 Å². The van der Waals surface area contributed by atoms with E-state index >= 15 is 0 Å². The molecule has 0 amide bonds. The molecule has 1 aliphatic heterocycles. The smallest absolute Gasteiger partial charge is 0.256 e. The third-order valence-electron chi connectivity index (χ3n) is 4.68. The van der Waals surface area contributed by atoms with Crippen LogP contribution in [0.15, 0.2) is 0 Å². The molecule has 1 saturated carbocycles. The van der Waals surface area contributed by atoms with E-state index in [9.17, 15) is 0 Å². The minimum atomic E-state index is -1.70. The molecule has 2 aliphatic rings. The lowest BCUT2D eigenvalue weighted by molar-refractivity contribution is 0.0940. The summed E-state index contributed by atoms with van der Waals surface area (Å²) in [6, 6.07) is 0. The fraction of sp³-hybridized carbons (Fsp3) is 1.00. The fourth-order valence-corrected chi connectivity index (χ4v) is 7.76. The number of piperidine rings is 1. The second-order valence-corrected chi connectivity index (χ2v) is 11.2. The van der Waals surface area contributed by atoms with Gasteiger partial charge in [0.25, 0.3) is 7.42 Å². The van der Waals surface area contributed by atoms with Crippen LogP contribution in [0.4, 0.5) is 0 Å². The molecule has 3 atom stereocenters. The molecule has 1 N–H and O–H groups in total. The van der Waals surface area contributed by atoms with Gasteiger partial charge in [0.2, 0.25) is 0 Å². The van der Waals surface area contributed by atoms with Gasteiger partial charge >= 0.3 is 0 Å². The molecule has 100 valence electrons. The van der Waals surface area contributed by atoms with Crippen molar-refractivity contribution in [1.29, 1.82) is 0 Å². The molecule has 1 heterocycles. The van der Waals surface area contributed by atoms with Crippen molar-refractivity contribution in [3.63, 3.8) is 0 Å². The number of hydrogen-bond acceptors (Lipinski definition) is 1. The van der Waals surface area contributed by atoms with E-state index in [0.717, 1.165) is 24.8 Å². The van der Waals surface area contributed by atoms with Crippen LogP contribution in [0.25, 0.3) is 0 Å². The van der Waals surface area contributed by atoms with Crippen molar-refractivity contribution in [2.24, 2.45) is 17.8 Å². The first-order valence-electron chi connectivity index (χ1n) is 7.09. The van der Waals surface area contributed by atoms with Gasteiger partial charge in [0.05, 0.1) is 0 Å². The first-order chi connectivity index (χ1) is 8.06. The highest BCUT2D eigenvalue weighted by molar-refractivity contribution is 7.35. The predicted octanol–water partition coefficient (Wildman–Crippen LogP) is 3.81. The molecule has 0 aromatic rings. The van der Waals surface area contributed by atoms with Gasteiger partial charge in [-0.3, -0.25) is 0 Å². The summed E-state index contributed by atoms with van der Waals surface area (Å²) >= 11 is 13.0. The zero-order valence-corrected chi connectivity index (χ0v) is 13.7. The lowest BCUT2D eigenvalue weighted by Crippen LogP contribution is -2.64. The molecule has 3 unspecified atom stereocenters. The average molecular weight is 294 g/mol. The number of nitrogens with one attached hydrogen (secondary N) is 1. The van der Waals surface area contributed by atoms with Crippen molar-refractivity contribution >= 4 is 29.6 Å². The van der Waals surface area contributed by atoms with Crippen LogP contribution in [-0.2, 0) is 0 Å². The molecule has 17 heavy (non-hydrogen) atoms. The first kappa shape index (κ1) is 14.2. The number of halogens is 2. The molecule has 1 nitrogen and oxygen atoms in total. The van der Waals surface area contributed by atoms with E-state index in [1.165, 1.54) is 32.1 Å². The zero-order valence-electron chi connectivity index (χ0n) is 11.0. The minimum Gasteiger partial charge on any atom is -0.311 e. The second-order valence-electron chi connectivity index (χ2n) is 6.31. The fourth-order valence-electron chi connectivity index (χ4n) is 4.08. The van der Waals surface area contributed by atoms with Crippen LogP contribution in [-0.4, -0.2) is 19.1 Å². The quantitative estimate of drug-likeness (QED) is 0.616. The average Bonchev–Trinajstić information content (AvgIpc) is 2.28. The molecule has 0 spiro atoms. The summed E-state index contributed by atoms with van der Waals surface area (Å²) in [5.41, 5.74) is 0. The van der Waals surface area contributed by atoms with Gasteiger partial charge in [-0.25, -0.2) is 0 Å². The van der Waals surface area contributed by atoms with E-state index in [1.54, 1.807) is 0 Å². The van der Waals surface area contributed by atoms with Crippen molar-refractivity contribution in [2.45, 2.75) is 57.5 Å². The first-order valence-corrected chi connectivity index (χ1v) is 11.2. The Hall–Kier alpha value is 0.757. The van der Waals surface area contributed by atoms with E-state index in [1.807, 2.05) is 0 Å². The molecule has 0 aromatic carbocycles. The number of rotatable bonds is 3. The normalized spacial score (nSPS) is 38.5. The van der Waals surface area contributed by atoms with Gasteiger partial charge in [-0.2, -0.15) is 0 Å². The van der Waals surface area contributed by atoms with E-state index in [-0.39, 0.29) is 5.16 Å². The summed E-state index contributed by atoms with van der Waals surface area (Å²) in [5.74, 6) is 2.31. The summed E-state index contributed by atoms with van der Waals surface area (Å²) in [6.45, 7) is 5.71. The molecule has 0 bridgehead atoms. The SMILES string of the molecule is CC(C)CC1([SiH](Cl)Cl)NCCC2CCCCC21. The van der Waals surface area contributed by atoms with E-state index in [4.69, 9.17) is 22.2 Å². The standard InChI is InChI=1S/C13H25Cl2NSi/c1-10(2)9-13(17(14)15)12-6-4-3-5-11(12)7-8-16-13/h10-12,16-17H,3-9H2,1-2H3. The lowest BCUT2D eigenvalue weighted by atomic mass is 9.69. The summed E-state index contributed by atoms with van der Waals surface area (Å²) in [5, 5.41) is 3.87. The van der Waals surface area contributed by atoms with Gasteiger partial charge in [-0.1, -0.05) is 33.1 Å². The highest BCUT2D eigenvalue weighted by Crippen LogP contribution is 2.46. The number of fused-ring (bicyclic) bond motifs is 1. The topological polar surface area (TPSA) is 12.0 Å². The third kappa shape index (κ3) is 2.85. The van der Waals surface area contributed by atoms with E-state index < -0.39 is 7.42 Å². The highest BCUT2D eigenvalue weighted by Gasteiger charge is 2.50. The third-order valence-corrected chi connectivity index (χ3v) is 8.66. The Morgan fingerprint density at radius 3 is 2.59 bits per heavy atom. The molecule has 1 saturated heterocycles. The molecular formula is C13H25Cl2NSi. The van der Waals surface area contributed by atoms with Crippen molar-refractivity contribution in [3.8, 4) is 0 Å². The van der Waals surface area contributed by atoms with Crippen LogP contribution in [0.5, 0.6) is 0 Å². The Balaban J connectivity index is 2.22. The van der Waals surface area contributed by atoms with Crippen LogP contribution in [0.3, 0.4) is 0 Å². The van der Waals surface area contributed by atoms with Crippen LogP contribution < -0.4 is 5.32 Å². The Morgan fingerprint density at radius 2 is 1.94 bits per heavy atom.